The number of carbonyl (C=O) groups is 1. The van der Waals surface area contributed by atoms with Crippen LogP contribution in [0.15, 0.2) is 18.2 Å². The van der Waals surface area contributed by atoms with Crippen molar-refractivity contribution in [1.29, 1.82) is 5.26 Å². The van der Waals surface area contributed by atoms with Gasteiger partial charge in [-0.15, -0.1) is 0 Å². The predicted molar refractivity (Wildman–Crippen MR) is 75.6 cm³/mol. The molecule has 1 atom stereocenters. The number of rotatable bonds is 5. The van der Waals surface area contributed by atoms with Gasteiger partial charge in [-0.2, -0.15) is 5.26 Å². The second kappa shape index (κ2) is 6.84. The van der Waals surface area contributed by atoms with E-state index < -0.39 is 23.2 Å². The molecule has 0 aliphatic heterocycles. The molecule has 2 rings (SSSR count). The van der Waals surface area contributed by atoms with Crippen molar-refractivity contribution in [2.45, 2.75) is 38.2 Å². The molecule has 1 amide bonds. The Labute approximate surface area is 127 Å². The van der Waals surface area contributed by atoms with Crippen molar-refractivity contribution >= 4 is 5.91 Å². The Morgan fingerprint density at radius 1 is 1.41 bits per heavy atom. The minimum atomic E-state index is -0.999. The van der Waals surface area contributed by atoms with Crippen LogP contribution in [-0.4, -0.2) is 23.7 Å². The third kappa shape index (κ3) is 3.60. The summed E-state index contributed by atoms with van der Waals surface area (Å²) in [5.74, 6) is -1.79. The van der Waals surface area contributed by atoms with Crippen LogP contribution in [0.25, 0.3) is 0 Å². The van der Waals surface area contributed by atoms with Gasteiger partial charge < -0.3 is 10.4 Å². The molecule has 1 saturated carbocycles. The van der Waals surface area contributed by atoms with E-state index >= 15 is 0 Å². The highest BCUT2D eigenvalue weighted by atomic mass is 19.1. The zero-order valence-corrected chi connectivity index (χ0v) is 12.1. The molecule has 1 aromatic carbocycles. The summed E-state index contributed by atoms with van der Waals surface area (Å²) in [6.45, 7) is -0.0704. The molecule has 0 aromatic heterocycles. The number of hydrogen-bond acceptors (Lipinski definition) is 3. The first-order chi connectivity index (χ1) is 10.5. The smallest absolute Gasteiger partial charge is 0.240 e. The zero-order chi connectivity index (χ0) is 16.2. The van der Waals surface area contributed by atoms with Crippen LogP contribution in [0.3, 0.4) is 0 Å². The highest BCUT2D eigenvalue weighted by Crippen LogP contribution is 2.37. The average molecular weight is 308 g/mol. The van der Waals surface area contributed by atoms with Crippen LogP contribution in [0, 0.1) is 28.4 Å². The van der Waals surface area contributed by atoms with Crippen molar-refractivity contribution in [2.24, 2.45) is 5.41 Å². The van der Waals surface area contributed by atoms with Gasteiger partial charge in [0.2, 0.25) is 5.91 Å². The topological polar surface area (TPSA) is 73.1 Å². The lowest BCUT2D eigenvalue weighted by Gasteiger charge is -2.20. The molecule has 4 nitrogen and oxygen atoms in total. The number of nitriles is 1. The molecule has 0 bridgehead atoms. The van der Waals surface area contributed by atoms with Gasteiger partial charge in [0, 0.05) is 19.0 Å². The summed E-state index contributed by atoms with van der Waals surface area (Å²) in [5.41, 5.74) is -0.820. The fourth-order valence-corrected chi connectivity index (χ4v) is 2.76. The Morgan fingerprint density at radius 3 is 2.68 bits per heavy atom. The quantitative estimate of drug-likeness (QED) is 0.874. The summed E-state index contributed by atoms with van der Waals surface area (Å²) in [7, 11) is 0. The lowest BCUT2D eigenvalue weighted by Crippen LogP contribution is -2.42. The van der Waals surface area contributed by atoms with E-state index in [1.807, 2.05) is 0 Å². The summed E-state index contributed by atoms with van der Waals surface area (Å²) < 4.78 is 26.3. The normalized spacial score (nSPS) is 17.7. The molecule has 1 aromatic rings. The second-order valence-electron chi connectivity index (χ2n) is 5.70. The van der Waals surface area contributed by atoms with Gasteiger partial charge in [0.05, 0.1) is 12.2 Å². The van der Waals surface area contributed by atoms with Crippen molar-refractivity contribution in [3.05, 3.63) is 35.4 Å². The molecule has 1 unspecified atom stereocenters. The van der Waals surface area contributed by atoms with Gasteiger partial charge in [0.15, 0.2) is 0 Å². The molecule has 118 valence electrons. The number of benzene rings is 1. The van der Waals surface area contributed by atoms with Crippen LogP contribution >= 0.6 is 0 Å². The third-order valence-electron chi connectivity index (χ3n) is 4.07. The first-order valence-electron chi connectivity index (χ1n) is 7.28. The van der Waals surface area contributed by atoms with Gasteiger partial charge in [-0.1, -0.05) is 18.9 Å². The number of hydrogen-bond donors (Lipinski definition) is 2. The van der Waals surface area contributed by atoms with Gasteiger partial charge in [-0.3, -0.25) is 4.79 Å². The van der Waals surface area contributed by atoms with Crippen molar-refractivity contribution in [2.75, 3.05) is 6.54 Å². The van der Waals surface area contributed by atoms with E-state index in [9.17, 15) is 23.9 Å². The van der Waals surface area contributed by atoms with E-state index in [0.29, 0.717) is 12.8 Å². The van der Waals surface area contributed by atoms with E-state index in [0.717, 1.165) is 25.0 Å². The fraction of sp³-hybridized carbons (Fsp3) is 0.500. The fourth-order valence-electron chi connectivity index (χ4n) is 2.76. The van der Waals surface area contributed by atoms with E-state index in [-0.39, 0.29) is 24.4 Å². The summed E-state index contributed by atoms with van der Waals surface area (Å²) in [4.78, 5) is 12.1. The number of aliphatic hydroxyl groups is 1. The standard InChI is InChI=1S/C16H18F2N2O2/c17-12-4-3-11(14(18)8-12)7-13(21)9-20-15(22)16(10-19)5-1-2-6-16/h3-4,8,13,21H,1-2,5-7,9H2,(H,20,22). The molecule has 0 saturated heterocycles. The monoisotopic (exact) mass is 308 g/mol. The third-order valence-corrected chi connectivity index (χ3v) is 4.07. The van der Waals surface area contributed by atoms with Crippen LogP contribution in [-0.2, 0) is 11.2 Å². The first kappa shape index (κ1) is 16.4. The van der Waals surface area contributed by atoms with Crippen molar-refractivity contribution in [1.82, 2.24) is 5.32 Å². The van der Waals surface area contributed by atoms with Gasteiger partial charge in [-0.25, -0.2) is 8.78 Å². The van der Waals surface area contributed by atoms with E-state index in [4.69, 9.17) is 0 Å². The summed E-state index contributed by atoms with van der Waals surface area (Å²) in [6, 6.07) is 5.21. The van der Waals surface area contributed by atoms with E-state index in [2.05, 4.69) is 11.4 Å². The van der Waals surface area contributed by atoms with Crippen LogP contribution in [0.2, 0.25) is 0 Å². The van der Waals surface area contributed by atoms with Gasteiger partial charge in [0.25, 0.3) is 0 Å². The molecule has 1 fully saturated rings. The highest BCUT2D eigenvalue weighted by molar-refractivity contribution is 5.85. The van der Waals surface area contributed by atoms with Crippen molar-refractivity contribution in [3.63, 3.8) is 0 Å². The molecule has 0 radical (unpaired) electrons. The van der Waals surface area contributed by atoms with Crippen molar-refractivity contribution in [3.8, 4) is 6.07 Å². The molecular weight excluding hydrogens is 290 g/mol. The average Bonchev–Trinajstić information content (AvgIpc) is 2.98. The number of nitrogens with zero attached hydrogens (tertiary/aromatic N) is 1. The Bertz CT molecular complexity index is 592. The number of amides is 1. The molecule has 1 aliphatic rings. The molecular formula is C16H18F2N2O2. The maximum Gasteiger partial charge on any atom is 0.240 e. The Hall–Kier alpha value is -2.00. The predicted octanol–water partition coefficient (Wildman–Crippen LogP) is 2.07. The number of carbonyl (C=O) groups excluding carboxylic acids is 1. The minimum Gasteiger partial charge on any atom is -0.391 e. The number of halogens is 2. The molecule has 0 spiro atoms. The summed E-state index contributed by atoms with van der Waals surface area (Å²) >= 11 is 0. The Balaban J connectivity index is 1.89. The SMILES string of the molecule is N#CC1(C(=O)NCC(O)Cc2ccc(F)cc2F)CCCC1. The largest absolute Gasteiger partial charge is 0.391 e. The Kier molecular flexibility index (Phi) is 5.09. The second-order valence-corrected chi connectivity index (χ2v) is 5.70. The Morgan fingerprint density at radius 2 is 2.09 bits per heavy atom. The molecule has 6 heteroatoms. The number of nitrogens with one attached hydrogen (secondary N) is 1. The van der Waals surface area contributed by atoms with Crippen LogP contribution in [0.1, 0.15) is 31.2 Å². The first-order valence-corrected chi connectivity index (χ1v) is 7.28. The summed E-state index contributed by atoms with van der Waals surface area (Å²) in [5, 5.41) is 21.6. The zero-order valence-electron chi connectivity index (χ0n) is 12.1. The maximum absolute atomic E-state index is 13.5. The molecule has 0 heterocycles. The summed E-state index contributed by atoms with van der Waals surface area (Å²) in [6.07, 6.45) is 1.69. The van der Waals surface area contributed by atoms with Gasteiger partial charge in [0.1, 0.15) is 17.0 Å². The van der Waals surface area contributed by atoms with Crippen LogP contribution < -0.4 is 5.32 Å². The van der Waals surface area contributed by atoms with Gasteiger partial charge >= 0.3 is 0 Å². The molecule has 2 N–H and O–H groups in total. The van der Waals surface area contributed by atoms with Crippen LogP contribution in [0.4, 0.5) is 8.78 Å². The van der Waals surface area contributed by atoms with E-state index in [1.54, 1.807) is 0 Å². The van der Waals surface area contributed by atoms with Crippen molar-refractivity contribution < 1.29 is 18.7 Å². The van der Waals surface area contributed by atoms with Gasteiger partial charge in [-0.05, 0) is 24.5 Å². The maximum atomic E-state index is 13.5. The lowest BCUT2D eigenvalue weighted by molar-refractivity contribution is -0.128. The molecule has 22 heavy (non-hydrogen) atoms. The van der Waals surface area contributed by atoms with Crippen LogP contribution in [0.5, 0.6) is 0 Å². The van der Waals surface area contributed by atoms with E-state index in [1.165, 1.54) is 6.07 Å². The minimum absolute atomic E-state index is 0.0358. The highest BCUT2D eigenvalue weighted by Gasteiger charge is 2.41. The lowest BCUT2D eigenvalue weighted by atomic mass is 9.87. The number of aliphatic hydroxyl groups excluding tert-OH is 1. The molecule has 1 aliphatic carbocycles.